The molecular formula is C13H14N6S. The van der Waals surface area contributed by atoms with Crippen LogP contribution in [-0.2, 0) is 6.42 Å². The number of nitrogens with two attached hydrogens (primary N) is 1. The van der Waals surface area contributed by atoms with Crippen molar-refractivity contribution < 1.29 is 0 Å². The van der Waals surface area contributed by atoms with Crippen molar-refractivity contribution in [2.45, 2.75) is 13.3 Å². The molecule has 3 heterocycles. The number of aromatic nitrogens is 5. The smallest absolute Gasteiger partial charge is 0.181 e. The summed E-state index contributed by atoms with van der Waals surface area (Å²) in [6.07, 6.45) is 4.24. The molecule has 3 aromatic heterocycles. The number of nitrogens with one attached hydrogen (secondary N) is 1. The van der Waals surface area contributed by atoms with Crippen molar-refractivity contribution in [2.24, 2.45) is 5.73 Å². The highest BCUT2D eigenvalue weighted by Crippen LogP contribution is 2.28. The minimum Gasteiger partial charge on any atom is -0.330 e. The molecule has 0 unspecified atom stereocenters. The quantitative estimate of drug-likeness (QED) is 0.762. The van der Waals surface area contributed by atoms with Gasteiger partial charge < -0.3 is 5.73 Å². The van der Waals surface area contributed by atoms with Gasteiger partial charge in [0.15, 0.2) is 11.6 Å². The van der Waals surface area contributed by atoms with Gasteiger partial charge in [0.05, 0.1) is 15.6 Å². The summed E-state index contributed by atoms with van der Waals surface area (Å²) in [5.74, 6) is 1.41. The first-order valence-electron chi connectivity index (χ1n) is 6.27. The minimum absolute atomic E-state index is 0.602. The highest BCUT2D eigenvalue weighted by molar-refractivity contribution is 7.15. The van der Waals surface area contributed by atoms with E-state index in [4.69, 9.17) is 5.73 Å². The summed E-state index contributed by atoms with van der Waals surface area (Å²) in [5, 5.41) is 8.25. The molecule has 0 fully saturated rings. The van der Waals surface area contributed by atoms with E-state index in [1.165, 1.54) is 0 Å². The summed E-state index contributed by atoms with van der Waals surface area (Å²) in [6.45, 7) is 2.57. The first kappa shape index (κ1) is 12.9. The van der Waals surface area contributed by atoms with Crippen LogP contribution in [0.2, 0.25) is 0 Å². The maximum atomic E-state index is 5.56. The molecule has 0 saturated carbocycles. The molecular weight excluding hydrogens is 272 g/mol. The van der Waals surface area contributed by atoms with Crippen molar-refractivity contribution >= 4 is 11.3 Å². The van der Waals surface area contributed by atoms with Crippen molar-refractivity contribution in [2.75, 3.05) is 6.54 Å². The van der Waals surface area contributed by atoms with Crippen molar-refractivity contribution in [3.05, 3.63) is 35.2 Å². The zero-order chi connectivity index (χ0) is 13.9. The number of thiazole rings is 1. The van der Waals surface area contributed by atoms with E-state index in [1.807, 2.05) is 19.1 Å². The van der Waals surface area contributed by atoms with E-state index in [2.05, 4.69) is 25.1 Å². The molecule has 3 aromatic rings. The molecule has 0 aliphatic carbocycles. The van der Waals surface area contributed by atoms with Gasteiger partial charge in [0.2, 0.25) is 0 Å². The Hall–Kier alpha value is -2.12. The average molecular weight is 286 g/mol. The maximum absolute atomic E-state index is 5.56. The molecule has 0 saturated heterocycles. The fourth-order valence-electron chi connectivity index (χ4n) is 1.90. The van der Waals surface area contributed by atoms with Crippen LogP contribution >= 0.6 is 11.3 Å². The van der Waals surface area contributed by atoms with Crippen LogP contribution in [0.1, 0.15) is 10.7 Å². The number of rotatable bonds is 4. The predicted octanol–water partition coefficient (Wildman–Crippen LogP) is 1.80. The van der Waals surface area contributed by atoms with Gasteiger partial charge >= 0.3 is 0 Å². The fourth-order valence-corrected chi connectivity index (χ4v) is 2.92. The topological polar surface area (TPSA) is 93.4 Å². The molecule has 0 radical (unpaired) electrons. The van der Waals surface area contributed by atoms with Gasteiger partial charge in [-0.25, -0.2) is 9.97 Å². The third-order valence-corrected chi connectivity index (χ3v) is 4.06. The van der Waals surface area contributed by atoms with Crippen LogP contribution < -0.4 is 5.73 Å². The van der Waals surface area contributed by atoms with Crippen LogP contribution in [0.3, 0.4) is 0 Å². The van der Waals surface area contributed by atoms with E-state index in [0.717, 1.165) is 33.4 Å². The van der Waals surface area contributed by atoms with Gasteiger partial charge in [0.25, 0.3) is 0 Å². The molecule has 3 rings (SSSR count). The number of H-pyrrole nitrogens is 1. The van der Waals surface area contributed by atoms with Gasteiger partial charge in [-0.15, -0.1) is 11.3 Å². The predicted molar refractivity (Wildman–Crippen MR) is 78.2 cm³/mol. The molecule has 0 aliphatic rings. The largest absolute Gasteiger partial charge is 0.330 e. The lowest BCUT2D eigenvalue weighted by atomic mass is 10.2. The number of pyridine rings is 1. The third-order valence-electron chi connectivity index (χ3n) is 2.84. The molecule has 0 aromatic carbocycles. The van der Waals surface area contributed by atoms with Gasteiger partial charge in [-0.3, -0.25) is 10.1 Å². The van der Waals surface area contributed by atoms with Gasteiger partial charge in [0.1, 0.15) is 0 Å². The summed E-state index contributed by atoms with van der Waals surface area (Å²) in [6, 6.07) is 3.76. The van der Waals surface area contributed by atoms with Crippen LogP contribution in [0.4, 0.5) is 0 Å². The van der Waals surface area contributed by atoms with Crippen molar-refractivity contribution in [1.82, 2.24) is 25.1 Å². The first-order valence-corrected chi connectivity index (χ1v) is 7.09. The molecule has 0 bridgehead atoms. The van der Waals surface area contributed by atoms with E-state index >= 15 is 0 Å². The Labute approximate surface area is 120 Å². The second-order valence-corrected chi connectivity index (χ2v) is 5.39. The number of aromatic amines is 1. The Kier molecular flexibility index (Phi) is 3.53. The number of hydrogen-bond donors (Lipinski definition) is 2. The Balaban J connectivity index is 1.94. The highest BCUT2D eigenvalue weighted by atomic mass is 32.1. The molecule has 0 atom stereocenters. The van der Waals surface area contributed by atoms with Crippen LogP contribution in [0.15, 0.2) is 24.5 Å². The Morgan fingerprint density at radius 3 is 2.80 bits per heavy atom. The molecule has 0 spiro atoms. The second-order valence-electron chi connectivity index (χ2n) is 4.30. The summed E-state index contributed by atoms with van der Waals surface area (Å²) >= 11 is 1.61. The van der Waals surface area contributed by atoms with Crippen molar-refractivity contribution in [3.8, 4) is 22.1 Å². The Bertz CT molecular complexity index is 703. The lowest BCUT2D eigenvalue weighted by Gasteiger charge is -1.92. The standard InChI is InChI=1S/C13H14N6S/c1-8-11(20-10(16-8)2-5-14)13-17-12(18-19-13)9-3-6-15-7-4-9/h3-4,6-7H,2,5,14H2,1H3,(H,17,18,19). The maximum Gasteiger partial charge on any atom is 0.181 e. The SMILES string of the molecule is Cc1nc(CCN)sc1-c1nc(-c2ccncc2)n[nH]1. The number of nitrogens with zero attached hydrogens (tertiary/aromatic N) is 4. The van der Waals surface area contributed by atoms with Gasteiger partial charge in [0, 0.05) is 24.4 Å². The summed E-state index contributed by atoms with van der Waals surface area (Å²) in [7, 11) is 0. The normalized spacial score (nSPS) is 10.9. The molecule has 102 valence electrons. The molecule has 6 nitrogen and oxygen atoms in total. The summed E-state index contributed by atoms with van der Waals surface area (Å²) in [5.41, 5.74) is 7.46. The molecule has 7 heteroatoms. The average Bonchev–Trinajstić information content (AvgIpc) is 3.07. The van der Waals surface area contributed by atoms with Gasteiger partial charge in [-0.05, 0) is 25.6 Å². The second kappa shape index (κ2) is 5.48. The number of hydrogen-bond acceptors (Lipinski definition) is 6. The van der Waals surface area contributed by atoms with Crippen molar-refractivity contribution in [3.63, 3.8) is 0 Å². The van der Waals surface area contributed by atoms with Crippen molar-refractivity contribution in [1.29, 1.82) is 0 Å². The lowest BCUT2D eigenvalue weighted by Crippen LogP contribution is -2.01. The van der Waals surface area contributed by atoms with Gasteiger partial charge in [-0.1, -0.05) is 0 Å². The third kappa shape index (κ3) is 2.45. The monoisotopic (exact) mass is 286 g/mol. The zero-order valence-corrected chi connectivity index (χ0v) is 11.8. The zero-order valence-electron chi connectivity index (χ0n) is 11.0. The lowest BCUT2D eigenvalue weighted by molar-refractivity contribution is 0.945. The Morgan fingerprint density at radius 1 is 1.25 bits per heavy atom. The van der Waals surface area contributed by atoms with Crippen LogP contribution in [0.25, 0.3) is 22.1 Å². The Morgan fingerprint density at radius 2 is 2.05 bits per heavy atom. The molecule has 0 aliphatic heterocycles. The van der Waals surface area contributed by atoms with E-state index in [-0.39, 0.29) is 0 Å². The van der Waals surface area contributed by atoms with E-state index in [1.54, 1.807) is 23.7 Å². The van der Waals surface area contributed by atoms with E-state index in [9.17, 15) is 0 Å². The van der Waals surface area contributed by atoms with E-state index < -0.39 is 0 Å². The summed E-state index contributed by atoms with van der Waals surface area (Å²) < 4.78 is 0. The van der Waals surface area contributed by atoms with E-state index in [0.29, 0.717) is 12.4 Å². The minimum atomic E-state index is 0.602. The molecule has 0 amide bonds. The molecule has 3 N–H and O–H groups in total. The van der Waals surface area contributed by atoms with Gasteiger partial charge in [-0.2, -0.15) is 5.10 Å². The molecule has 20 heavy (non-hydrogen) atoms. The van der Waals surface area contributed by atoms with Crippen LogP contribution in [0.5, 0.6) is 0 Å². The number of aryl methyl sites for hydroxylation is 1. The summed E-state index contributed by atoms with van der Waals surface area (Å²) in [4.78, 5) is 14.0. The fraction of sp³-hybridized carbons (Fsp3) is 0.231. The first-order chi connectivity index (χ1) is 9.78. The highest BCUT2D eigenvalue weighted by Gasteiger charge is 2.14. The van der Waals surface area contributed by atoms with Crippen LogP contribution in [-0.4, -0.2) is 31.7 Å². The van der Waals surface area contributed by atoms with Crippen LogP contribution in [0, 0.1) is 6.92 Å².